The third-order valence-corrected chi connectivity index (χ3v) is 5.93. The van der Waals surface area contributed by atoms with Crippen LogP contribution in [0.2, 0.25) is 0 Å². The molecule has 14 heteroatoms. The Morgan fingerprint density at radius 1 is 1.08 bits per heavy atom. The van der Waals surface area contributed by atoms with Crippen molar-refractivity contribution >= 4 is 0 Å². The molecule has 3 rings (SSSR count). The molecule has 5 atom stereocenters. The summed E-state index contributed by atoms with van der Waals surface area (Å²) in [4.78, 5) is 0. The second-order valence-electron chi connectivity index (χ2n) is 8.38. The van der Waals surface area contributed by atoms with Crippen molar-refractivity contribution in [1.82, 2.24) is 9.78 Å². The SMILES string of the molecule is CCc1ccc(Cc2c(OC3(O)O[C@H](CO)[C@@H](O)[C@@H](O)[C@H]3O)nn(C(CF)CF)c2C(F)(F)F)cc1. The number of aliphatic hydroxyl groups is 5. The topological polar surface area (TPSA) is 137 Å². The zero-order valence-electron chi connectivity index (χ0n) is 19.1. The zero-order chi connectivity index (χ0) is 26.8. The predicted octanol–water partition coefficient (Wildman–Crippen LogP) is 1.03. The van der Waals surface area contributed by atoms with Gasteiger partial charge in [-0.1, -0.05) is 31.2 Å². The van der Waals surface area contributed by atoms with Gasteiger partial charge in [-0.25, -0.2) is 13.5 Å². The van der Waals surface area contributed by atoms with E-state index in [9.17, 15) is 47.5 Å². The molecule has 1 aromatic carbocycles. The number of rotatable bonds is 9. The van der Waals surface area contributed by atoms with Gasteiger partial charge in [0, 0.05) is 6.42 Å². The number of nitrogens with zero attached hydrogens (tertiary/aromatic N) is 2. The highest BCUT2D eigenvalue weighted by Crippen LogP contribution is 2.41. The zero-order valence-corrected chi connectivity index (χ0v) is 19.1. The minimum Gasteiger partial charge on any atom is -0.417 e. The van der Waals surface area contributed by atoms with Crippen LogP contribution in [0.25, 0.3) is 0 Å². The maximum absolute atomic E-state index is 14.1. The van der Waals surface area contributed by atoms with Crippen LogP contribution in [0.5, 0.6) is 5.88 Å². The first-order valence-corrected chi connectivity index (χ1v) is 11.0. The molecule has 202 valence electrons. The van der Waals surface area contributed by atoms with Gasteiger partial charge in [0.1, 0.15) is 37.7 Å². The maximum atomic E-state index is 14.1. The van der Waals surface area contributed by atoms with Gasteiger partial charge >= 0.3 is 12.1 Å². The fourth-order valence-corrected chi connectivity index (χ4v) is 3.87. The van der Waals surface area contributed by atoms with Gasteiger partial charge in [-0.05, 0) is 17.5 Å². The van der Waals surface area contributed by atoms with Crippen molar-refractivity contribution in [3.63, 3.8) is 0 Å². The van der Waals surface area contributed by atoms with E-state index >= 15 is 0 Å². The molecule has 0 bridgehead atoms. The minimum absolute atomic E-state index is 0.0540. The quantitative estimate of drug-likeness (QED) is 0.242. The molecule has 0 aliphatic carbocycles. The van der Waals surface area contributed by atoms with Crippen molar-refractivity contribution in [2.45, 2.75) is 62.4 Å². The standard InChI is InChI=1S/C22H27F5N2O7/c1-2-11-3-5-12(6-4-11)7-14-18(21(25,26)27)29(13(8-23)9-24)28-20(14)36-22(34)19(33)17(32)16(31)15(10-30)35-22/h3-6,13,15-17,19,30-34H,2,7-10H2,1H3/t15-,16-,17-,19-,22?/m1/s1. The Hall–Kier alpha value is -2.36. The summed E-state index contributed by atoms with van der Waals surface area (Å²) in [6.45, 7) is -2.19. The number of hydrogen-bond acceptors (Lipinski definition) is 8. The van der Waals surface area contributed by atoms with Gasteiger partial charge in [0.05, 0.1) is 12.2 Å². The number of halogens is 5. The van der Waals surface area contributed by atoms with Gasteiger partial charge in [0.15, 0.2) is 11.8 Å². The van der Waals surface area contributed by atoms with Crippen LogP contribution in [-0.4, -0.2) is 85.7 Å². The molecule has 0 amide bonds. The van der Waals surface area contributed by atoms with Crippen molar-refractivity contribution in [3.05, 3.63) is 46.6 Å². The fraction of sp³-hybridized carbons (Fsp3) is 0.591. The average Bonchev–Trinajstić information content (AvgIpc) is 3.19. The highest BCUT2D eigenvalue weighted by molar-refractivity contribution is 5.39. The van der Waals surface area contributed by atoms with Crippen molar-refractivity contribution in [2.24, 2.45) is 0 Å². The molecule has 1 fully saturated rings. The van der Waals surface area contributed by atoms with Crippen LogP contribution in [0.15, 0.2) is 24.3 Å². The summed E-state index contributed by atoms with van der Waals surface area (Å²) in [6, 6.07) is 4.43. The molecule has 9 nitrogen and oxygen atoms in total. The molecule has 36 heavy (non-hydrogen) atoms. The Labute approximate surface area is 202 Å². The lowest BCUT2D eigenvalue weighted by Crippen LogP contribution is -2.67. The summed E-state index contributed by atoms with van der Waals surface area (Å²) < 4.78 is 79.5. The lowest BCUT2D eigenvalue weighted by atomic mass is 9.97. The lowest BCUT2D eigenvalue weighted by molar-refractivity contribution is -0.423. The lowest BCUT2D eigenvalue weighted by Gasteiger charge is -2.43. The van der Waals surface area contributed by atoms with E-state index in [-0.39, 0.29) is 4.68 Å². The molecule has 1 aromatic heterocycles. The van der Waals surface area contributed by atoms with Gasteiger partial charge < -0.3 is 35.0 Å². The van der Waals surface area contributed by atoms with Gasteiger partial charge in [0.25, 0.3) is 0 Å². The number of hydrogen-bond donors (Lipinski definition) is 5. The molecule has 1 saturated heterocycles. The Balaban J connectivity index is 2.15. The van der Waals surface area contributed by atoms with E-state index in [1.165, 1.54) is 12.1 Å². The number of aliphatic hydroxyl groups excluding tert-OH is 4. The van der Waals surface area contributed by atoms with E-state index < -0.39 is 86.1 Å². The first kappa shape index (κ1) is 28.2. The van der Waals surface area contributed by atoms with Crippen LogP contribution in [0, 0.1) is 0 Å². The van der Waals surface area contributed by atoms with E-state index in [2.05, 4.69) is 5.10 Å². The number of ether oxygens (including phenoxy) is 2. The monoisotopic (exact) mass is 526 g/mol. The van der Waals surface area contributed by atoms with Crippen LogP contribution in [0.4, 0.5) is 22.0 Å². The van der Waals surface area contributed by atoms with Crippen LogP contribution >= 0.6 is 0 Å². The summed E-state index contributed by atoms with van der Waals surface area (Å²) in [5.74, 6) is -4.27. The van der Waals surface area contributed by atoms with E-state index in [0.717, 1.165) is 5.56 Å². The maximum Gasteiger partial charge on any atom is 0.433 e. The highest BCUT2D eigenvalue weighted by Gasteiger charge is 2.56. The summed E-state index contributed by atoms with van der Waals surface area (Å²) in [7, 11) is 0. The van der Waals surface area contributed by atoms with Crippen molar-refractivity contribution in [3.8, 4) is 5.88 Å². The van der Waals surface area contributed by atoms with Gasteiger partial charge in [-0.15, -0.1) is 5.10 Å². The van der Waals surface area contributed by atoms with Crippen LogP contribution in [0.1, 0.15) is 35.3 Å². The Kier molecular flexibility index (Phi) is 8.58. The van der Waals surface area contributed by atoms with Gasteiger partial charge in [-0.2, -0.15) is 13.2 Å². The molecule has 2 aromatic rings. The third kappa shape index (κ3) is 5.48. The predicted molar refractivity (Wildman–Crippen MR) is 112 cm³/mol. The molecule has 5 N–H and O–H groups in total. The van der Waals surface area contributed by atoms with E-state index in [4.69, 9.17) is 9.47 Å². The molecule has 0 radical (unpaired) electrons. The Bertz CT molecular complexity index is 1010. The summed E-state index contributed by atoms with van der Waals surface area (Å²) in [6.07, 6.45) is -13.2. The summed E-state index contributed by atoms with van der Waals surface area (Å²) in [5, 5.41) is 53.8. The smallest absolute Gasteiger partial charge is 0.417 e. The van der Waals surface area contributed by atoms with Crippen molar-refractivity contribution in [1.29, 1.82) is 0 Å². The molecule has 0 saturated carbocycles. The number of alkyl halides is 5. The van der Waals surface area contributed by atoms with Gasteiger partial charge in [0.2, 0.25) is 5.88 Å². The van der Waals surface area contributed by atoms with E-state index in [1.807, 2.05) is 6.92 Å². The number of benzene rings is 1. The van der Waals surface area contributed by atoms with E-state index in [0.29, 0.717) is 12.0 Å². The Morgan fingerprint density at radius 2 is 1.67 bits per heavy atom. The molecule has 1 unspecified atom stereocenters. The van der Waals surface area contributed by atoms with Crippen molar-refractivity contribution in [2.75, 3.05) is 20.0 Å². The highest BCUT2D eigenvalue weighted by atomic mass is 19.4. The molecule has 1 aliphatic rings. The van der Waals surface area contributed by atoms with Gasteiger partial charge in [-0.3, -0.25) is 0 Å². The summed E-state index contributed by atoms with van der Waals surface area (Å²) >= 11 is 0. The average molecular weight is 526 g/mol. The molecule has 0 spiro atoms. The first-order valence-electron chi connectivity index (χ1n) is 11.0. The van der Waals surface area contributed by atoms with Crippen molar-refractivity contribution < 1.29 is 57.0 Å². The van der Waals surface area contributed by atoms with E-state index in [1.54, 1.807) is 12.1 Å². The second kappa shape index (κ2) is 10.9. The number of aromatic nitrogens is 2. The largest absolute Gasteiger partial charge is 0.433 e. The molecule has 1 aliphatic heterocycles. The molecular formula is C22H27F5N2O7. The minimum atomic E-state index is -5.17. The molecule has 2 heterocycles. The summed E-state index contributed by atoms with van der Waals surface area (Å²) in [5.41, 5.74) is -1.05. The van der Waals surface area contributed by atoms with Crippen LogP contribution in [-0.2, 0) is 23.8 Å². The fourth-order valence-electron chi connectivity index (χ4n) is 3.87. The normalized spacial score (nSPS) is 27.0. The van der Waals surface area contributed by atoms with Crippen LogP contribution < -0.4 is 4.74 Å². The second-order valence-corrected chi connectivity index (χ2v) is 8.38. The third-order valence-electron chi connectivity index (χ3n) is 5.93. The molecular weight excluding hydrogens is 499 g/mol. The van der Waals surface area contributed by atoms with Crippen LogP contribution in [0.3, 0.4) is 0 Å². The first-order chi connectivity index (χ1) is 16.9. The Morgan fingerprint density at radius 3 is 2.17 bits per heavy atom. The number of aryl methyl sites for hydroxylation is 1.